The number of thioether (sulfide) groups is 1. The highest BCUT2D eigenvalue weighted by atomic mass is 32.2. The van der Waals surface area contributed by atoms with Crippen molar-refractivity contribution in [3.05, 3.63) is 45.8 Å². The van der Waals surface area contributed by atoms with E-state index in [-0.39, 0.29) is 11.7 Å². The maximum atomic E-state index is 12.3. The molecule has 2 aromatic heterocycles. The smallest absolute Gasteiger partial charge is 0.277 e. The van der Waals surface area contributed by atoms with Gasteiger partial charge in [0, 0.05) is 10.6 Å². The second-order valence-electron chi connectivity index (χ2n) is 7.44. The second kappa shape index (κ2) is 8.09. The van der Waals surface area contributed by atoms with Crippen LogP contribution in [0.1, 0.15) is 34.9 Å². The first kappa shape index (κ1) is 19.2. The lowest BCUT2D eigenvalue weighted by Crippen LogP contribution is -2.14. The molecular formula is C21H23N3O2S2. The third-order valence-corrected chi connectivity index (χ3v) is 6.98. The molecule has 0 spiro atoms. The van der Waals surface area contributed by atoms with Gasteiger partial charge in [-0.2, -0.15) is 0 Å². The number of amides is 1. The molecular weight excluding hydrogens is 390 g/mol. The van der Waals surface area contributed by atoms with E-state index in [0.717, 1.165) is 40.5 Å². The number of hydrogen-bond acceptors (Lipinski definition) is 6. The Balaban J connectivity index is 1.37. The first-order chi connectivity index (χ1) is 13.5. The fourth-order valence-electron chi connectivity index (χ4n) is 3.36. The van der Waals surface area contributed by atoms with E-state index in [1.54, 1.807) is 11.3 Å². The summed E-state index contributed by atoms with van der Waals surface area (Å²) >= 11 is 3.01. The summed E-state index contributed by atoms with van der Waals surface area (Å²) in [5.74, 6) is 1.43. The van der Waals surface area contributed by atoms with Crippen molar-refractivity contribution in [1.82, 2.24) is 10.2 Å². The number of benzene rings is 1. The molecule has 1 aromatic carbocycles. The molecule has 0 saturated heterocycles. The van der Waals surface area contributed by atoms with Crippen molar-refractivity contribution in [1.29, 1.82) is 0 Å². The lowest BCUT2D eigenvalue weighted by atomic mass is 9.90. The molecule has 0 saturated carbocycles. The lowest BCUT2D eigenvalue weighted by Gasteiger charge is -2.16. The molecule has 1 atom stereocenters. The number of nitrogens with zero attached hydrogens (tertiary/aromatic N) is 2. The second-order valence-corrected chi connectivity index (χ2v) is 9.50. The molecule has 146 valence electrons. The fraction of sp³-hybridized carbons (Fsp3) is 0.381. The van der Waals surface area contributed by atoms with Crippen LogP contribution in [0.5, 0.6) is 0 Å². The molecule has 3 aromatic rings. The maximum absolute atomic E-state index is 12.3. The molecule has 1 aliphatic carbocycles. The Bertz CT molecular complexity index is 1010. The summed E-state index contributed by atoms with van der Waals surface area (Å²) in [6, 6.07) is 8.19. The van der Waals surface area contributed by atoms with Gasteiger partial charge in [0.1, 0.15) is 0 Å². The van der Waals surface area contributed by atoms with Crippen LogP contribution in [0.3, 0.4) is 0 Å². The van der Waals surface area contributed by atoms with Crippen molar-refractivity contribution in [2.45, 2.75) is 45.3 Å². The standard InChI is InChI=1S/C21H23N3O2S2/c1-12-5-7-17-15(8-12)10-18(28-17)20-23-24-21(26-20)27-11-19(25)22-16-9-13(2)4-6-14(16)3/h4,6,9-10,12H,5,7-8,11H2,1-3H3,(H,22,25)/t12-/m1/s1. The van der Waals surface area contributed by atoms with Gasteiger partial charge in [-0.1, -0.05) is 30.8 Å². The largest absolute Gasteiger partial charge is 0.410 e. The van der Waals surface area contributed by atoms with Crippen molar-refractivity contribution < 1.29 is 9.21 Å². The summed E-state index contributed by atoms with van der Waals surface area (Å²) in [5.41, 5.74) is 4.41. The maximum Gasteiger partial charge on any atom is 0.277 e. The Kier molecular flexibility index (Phi) is 5.55. The zero-order chi connectivity index (χ0) is 19.7. The number of aromatic nitrogens is 2. The number of fused-ring (bicyclic) bond motifs is 1. The number of carbonyl (C=O) groups excluding carboxylic acids is 1. The number of rotatable bonds is 5. The van der Waals surface area contributed by atoms with Crippen LogP contribution >= 0.6 is 23.1 Å². The van der Waals surface area contributed by atoms with E-state index < -0.39 is 0 Å². The molecule has 0 aliphatic heterocycles. The minimum Gasteiger partial charge on any atom is -0.410 e. The number of anilines is 1. The summed E-state index contributed by atoms with van der Waals surface area (Å²) in [6.07, 6.45) is 3.50. The van der Waals surface area contributed by atoms with Gasteiger partial charge in [-0.05, 0) is 67.9 Å². The number of hydrogen-bond donors (Lipinski definition) is 1. The van der Waals surface area contributed by atoms with E-state index in [1.165, 1.54) is 28.6 Å². The molecule has 1 aliphatic rings. The van der Waals surface area contributed by atoms with Crippen LogP contribution in [-0.4, -0.2) is 21.9 Å². The third-order valence-electron chi connectivity index (χ3n) is 4.94. The van der Waals surface area contributed by atoms with Crippen molar-refractivity contribution in [2.24, 2.45) is 5.92 Å². The minimum atomic E-state index is -0.0842. The minimum absolute atomic E-state index is 0.0842. The van der Waals surface area contributed by atoms with E-state index in [9.17, 15) is 4.79 Å². The van der Waals surface area contributed by atoms with Gasteiger partial charge in [0.15, 0.2) is 0 Å². The summed E-state index contributed by atoms with van der Waals surface area (Å²) in [4.78, 5) is 14.7. The Labute approximate surface area is 173 Å². The van der Waals surface area contributed by atoms with Gasteiger partial charge in [0.05, 0.1) is 10.6 Å². The zero-order valence-corrected chi connectivity index (χ0v) is 17.9. The van der Waals surface area contributed by atoms with Gasteiger partial charge in [0.25, 0.3) is 11.1 Å². The Hall–Kier alpha value is -2.12. The number of carbonyl (C=O) groups is 1. The highest BCUT2D eigenvalue weighted by molar-refractivity contribution is 7.99. The highest BCUT2D eigenvalue weighted by Crippen LogP contribution is 2.37. The average molecular weight is 414 g/mol. The lowest BCUT2D eigenvalue weighted by molar-refractivity contribution is -0.113. The molecule has 0 bridgehead atoms. The fourth-order valence-corrected chi connectivity index (χ4v) is 5.06. The monoisotopic (exact) mass is 413 g/mol. The van der Waals surface area contributed by atoms with E-state index in [1.807, 2.05) is 32.0 Å². The quantitative estimate of drug-likeness (QED) is 0.577. The Morgan fingerprint density at radius 2 is 2.18 bits per heavy atom. The molecule has 4 rings (SSSR count). The van der Waals surface area contributed by atoms with Crippen LogP contribution in [-0.2, 0) is 17.6 Å². The topological polar surface area (TPSA) is 68.0 Å². The normalized spacial score (nSPS) is 16.0. The molecule has 28 heavy (non-hydrogen) atoms. The predicted molar refractivity (Wildman–Crippen MR) is 114 cm³/mol. The van der Waals surface area contributed by atoms with E-state index >= 15 is 0 Å². The van der Waals surface area contributed by atoms with E-state index in [0.29, 0.717) is 11.1 Å². The third kappa shape index (κ3) is 4.31. The van der Waals surface area contributed by atoms with Crippen molar-refractivity contribution in [2.75, 3.05) is 11.1 Å². The summed E-state index contributed by atoms with van der Waals surface area (Å²) in [7, 11) is 0. The molecule has 2 heterocycles. The summed E-state index contributed by atoms with van der Waals surface area (Å²) in [5, 5.41) is 11.6. The van der Waals surface area contributed by atoms with Gasteiger partial charge in [-0.15, -0.1) is 21.5 Å². The Morgan fingerprint density at radius 1 is 1.32 bits per heavy atom. The average Bonchev–Trinajstić information content (AvgIpc) is 3.29. The van der Waals surface area contributed by atoms with Gasteiger partial charge in [-0.3, -0.25) is 4.79 Å². The summed E-state index contributed by atoms with van der Waals surface area (Å²) in [6.45, 7) is 6.28. The molecule has 1 N–H and O–H groups in total. The highest BCUT2D eigenvalue weighted by Gasteiger charge is 2.21. The van der Waals surface area contributed by atoms with Crippen LogP contribution in [0, 0.1) is 19.8 Å². The molecule has 1 amide bonds. The van der Waals surface area contributed by atoms with Gasteiger partial charge >= 0.3 is 0 Å². The Morgan fingerprint density at radius 3 is 3.04 bits per heavy atom. The van der Waals surface area contributed by atoms with Crippen LogP contribution in [0.4, 0.5) is 5.69 Å². The SMILES string of the molecule is Cc1ccc(C)c(NC(=O)CSc2nnc(-c3cc4c(s3)CC[C@@H](C)C4)o2)c1. The molecule has 0 radical (unpaired) electrons. The van der Waals surface area contributed by atoms with Gasteiger partial charge in [0.2, 0.25) is 5.91 Å². The zero-order valence-electron chi connectivity index (χ0n) is 16.2. The van der Waals surface area contributed by atoms with Crippen molar-refractivity contribution in [3.63, 3.8) is 0 Å². The van der Waals surface area contributed by atoms with Crippen LogP contribution in [0.15, 0.2) is 33.9 Å². The first-order valence-electron chi connectivity index (χ1n) is 9.43. The van der Waals surface area contributed by atoms with Gasteiger partial charge < -0.3 is 9.73 Å². The van der Waals surface area contributed by atoms with Crippen LogP contribution in [0.25, 0.3) is 10.8 Å². The number of aryl methyl sites for hydroxylation is 3. The van der Waals surface area contributed by atoms with Crippen LogP contribution in [0.2, 0.25) is 0 Å². The molecule has 7 heteroatoms. The van der Waals surface area contributed by atoms with Crippen molar-refractivity contribution in [3.8, 4) is 10.8 Å². The van der Waals surface area contributed by atoms with E-state index in [4.69, 9.17) is 4.42 Å². The van der Waals surface area contributed by atoms with E-state index in [2.05, 4.69) is 28.5 Å². The van der Waals surface area contributed by atoms with Crippen LogP contribution < -0.4 is 5.32 Å². The molecule has 5 nitrogen and oxygen atoms in total. The number of thiophene rings is 1. The predicted octanol–water partition coefficient (Wildman–Crippen LogP) is 5.27. The first-order valence-corrected chi connectivity index (χ1v) is 11.2. The summed E-state index contributed by atoms with van der Waals surface area (Å²) < 4.78 is 5.79. The van der Waals surface area contributed by atoms with Gasteiger partial charge in [-0.25, -0.2) is 0 Å². The van der Waals surface area contributed by atoms with Crippen molar-refractivity contribution >= 4 is 34.7 Å². The molecule has 0 unspecified atom stereocenters. The molecule has 0 fully saturated rings. The number of nitrogens with one attached hydrogen (secondary N) is 1.